The molecular weight excluding hydrogens is 438 g/mol. The zero-order valence-corrected chi connectivity index (χ0v) is 18.9. The first kappa shape index (κ1) is 22.6. The topological polar surface area (TPSA) is 90.6 Å². The number of hydrogen-bond donors (Lipinski definition) is 1. The van der Waals surface area contributed by atoms with E-state index < -0.39 is 0 Å². The fourth-order valence-electron chi connectivity index (χ4n) is 2.77. The summed E-state index contributed by atoms with van der Waals surface area (Å²) in [5.41, 5.74) is 4.19. The number of nitrogens with zero attached hydrogens (tertiary/aromatic N) is 4. The summed E-state index contributed by atoms with van der Waals surface area (Å²) in [6.45, 7) is 2.67. The minimum Gasteiger partial charge on any atom is -0.493 e. The number of halogens is 1. The van der Waals surface area contributed by atoms with Crippen LogP contribution in [-0.4, -0.2) is 46.9 Å². The third-order valence-corrected chi connectivity index (χ3v) is 5.50. The smallest absolute Gasteiger partial charge is 0.250 e. The molecule has 0 radical (unpaired) electrons. The molecule has 0 fully saturated rings. The highest BCUT2D eigenvalue weighted by Gasteiger charge is 2.14. The summed E-state index contributed by atoms with van der Waals surface area (Å²) in [5, 5.41) is 13.8. The minimum atomic E-state index is -0.250. The molecule has 10 heteroatoms. The Hall–Kier alpha value is -3.04. The zero-order valence-electron chi connectivity index (χ0n) is 17.3. The van der Waals surface area contributed by atoms with Crippen molar-refractivity contribution in [2.24, 2.45) is 5.10 Å². The molecule has 1 heterocycles. The van der Waals surface area contributed by atoms with Gasteiger partial charge in [-0.1, -0.05) is 23.4 Å². The van der Waals surface area contributed by atoms with Crippen LogP contribution in [-0.2, 0) is 11.3 Å². The van der Waals surface area contributed by atoms with E-state index in [4.69, 9.17) is 21.1 Å². The van der Waals surface area contributed by atoms with Crippen LogP contribution in [0.4, 0.5) is 0 Å². The third-order valence-electron chi connectivity index (χ3n) is 4.28. The van der Waals surface area contributed by atoms with Gasteiger partial charge in [-0.3, -0.25) is 4.79 Å². The Bertz CT molecular complexity index is 1070. The van der Waals surface area contributed by atoms with E-state index in [0.29, 0.717) is 28.2 Å². The van der Waals surface area contributed by atoms with Crippen LogP contribution in [0.3, 0.4) is 0 Å². The first-order chi connectivity index (χ1) is 15.0. The molecule has 0 aliphatic rings. The van der Waals surface area contributed by atoms with Crippen LogP contribution in [0.15, 0.2) is 52.7 Å². The molecule has 0 atom stereocenters. The van der Waals surface area contributed by atoms with E-state index in [-0.39, 0.29) is 11.7 Å². The van der Waals surface area contributed by atoms with Crippen molar-refractivity contribution in [3.63, 3.8) is 0 Å². The van der Waals surface area contributed by atoms with Crippen molar-refractivity contribution >= 4 is 35.5 Å². The largest absolute Gasteiger partial charge is 0.493 e. The molecule has 0 unspecified atom stereocenters. The lowest BCUT2D eigenvalue weighted by Gasteiger charge is -2.07. The van der Waals surface area contributed by atoms with Gasteiger partial charge >= 0.3 is 0 Å². The molecule has 162 valence electrons. The van der Waals surface area contributed by atoms with Gasteiger partial charge in [0.05, 0.1) is 26.2 Å². The van der Waals surface area contributed by atoms with Crippen molar-refractivity contribution in [2.45, 2.75) is 18.6 Å². The Morgan fingerprint density at radius 3 is 2.58 bits per heavy atom. The van der Waals surface area contributed by atoms with E-state index in [9.17, 15) is 4.79 Å². The monoisotopic (exact) mass is 459 g/mol. The minimum absolute atomic E-state index is 0.155. The Labute approximate surface area is 189 Å². The van der Waals surface area contributed by atoms with Crippen molar-refractivity contribution in [2.75, 3.05) is 20.0 Å². The van der Waals surface area contributed by atoms with E-state index in [1.807, 2.05) is 41.8 Å². The molecule has 0 saturated carbocycles. The number of nitrogens with one attached hydrogen (secondary N) is 1. The van der Waals surface area contributed by atoms with Gasteiger partial charge in [0, 0.05) is 17.1 Å². The maximum absolute atomic E-state index is 12.2. The quantitative estimate of drug-likeness (QED) is 0.296. The van der Waals surface area contributed by atoms with Crippen LogP contribution < -0.4 is 14.9 Å². The second-order valence-electron chi connectivity index (χ2n) is 6.25. The number of carbonyl (C=O) groups excluding carboxylic acids is 1. The second-order valence-corrected chi connectivity index (χ2v) is 7.63. The maximum Gasteiger partial charge on any atom is 0.250 e. The molecule has 0 aliphatic carbocycles. The van der Waals surface area contributed by atoms with Gasteiger partial charge in [-0.15, -0.1) is 10.2 Å². The summed E-state index contributed by atoms with van der Waals surface area (Å²) < 4.78 is 12.4. The van der Waals surface area contributed by atoms with Crippen LogP contribution >= 0.6 is 23.4 Å². The number of rotatable bonds is 9. The number of amides is 1. The summed E-state index contributed by atoms with van der Waals surface area (Å²) in [4.78, 5) is 12.2. The SMILES string of the molecule is CCn1c(SCC(=O)NN=Cc2ccc(OC)c(OC)c2)nnc1-c1ccc(Cl)cc1. The second kappa shape index (κ2) is 10.8. The molecule has 8 nitrogen and oxygen atoms in total. The highest BCUT2D eigenvalue weighted by Crippen LogP contribution is 2.27. The lowest BCUT2D eigenvalue weighted by molar-refractivity contribution is -0.118. The lowest BCUT2D eigenvalue weighted by Crippen LogP contribution is -2.20. The Morgan fingerprint density at radius 1 is 1.16 bits per heavy atom. The van der Waals surface area contributed by atoms with Crippen molar-refractivity contribution < 1.29 is 14.3 Å². The van der Waals surface area contributed by atoms with Gasteiger partial charge in [-0.25, -0.2) is 5.43 Å². The first-order valence-corrected chi connectivity index (χ1v) is 10.8. The van der Waals surface area contributed by atoms with Crippen LogP contribution in [0, 0.1) is 0 Å². The summed E-state index contributed by atoms with van der Waals surface area (Å²) in [7, 11) is 3.13. The molecular formula is C21H22ClN5O3S. The normalized spacial score (nSPS) is 11.0. The molecule has 1 N–H and O–H groups in total. The van der Waals surface area contributed by atoms with E-state index in [0.717, 1.165) is 17.0 Å². The number of ether oxygens (including phenoxy) is 2. The number of carbonyl (C=O) groups is 1. The summed E-state index contributed by atoms with van der Waals surface area (Å²) in [5.74, 6) is 1.85. The van der Waals surface area contributed by atoms with E-state index in [2.05, 4.69) is 20.7 Å². The summed E-state index contributed by atoms with van der Waals surface area (Å²) in [6, 6.07) is 12.8. The fourth-order valence-corrected chi connectivity index (χ4v) is 3.69. The Kier molecular flexibility index (Phi) is 7.91. The highest BCUT2D eigenvalue weighted by atomic mass is 35.5. The molecule has 1 aromatic heterocycles. The van der Waals surface area contributed by atoms with Gasteiger partial charge < -0.3 is 14.0 Å². The first-order valence-electron chi connectivity index (χ1n) is 9.41. The standard InChI is InChI=1S/C21H22ClN5O3S/c1-4-27-20(15-6-8-16(22)9-7-15)25-26-21(27)31-13-19(28)24-23-12-14-5-10-17(29-2)18(11-14)30-3/h5-12H,4,13H2,1-3H3,(H,24,28). The molecule has 3 rings (SSSR count). The average molecular weight is 460 g/mol. The number of hydrogen-bond acceptors (Lipinski definition) is 7. The molecule has 3 aromatic rings. The molecule has 1 amide bonds. The lowest BCUT2D eigenvalue weighted by atomic mass is 10.2. The third kappa shape index (κ3) is 5.77. The van der Waals surface area contributed by atoms with Gasteiger partial charge in [0.25, 0.3) is 5.91 Å². The molecule has 0 saturated heterocycles. The van der Waals surface area contributed by atoms with E-state index >= 15 is 0 Å². The van der Waals surface area contributed by atoms with E-state index in [1.54, 1.807) is 26.4 Å². The number of benzene rings is 2. The van der Waals surface area contributed by atoms with Gasteiger partial charge in [-0.05, 0) is 55.0 Å². The van der Waals surface area contributed by atoms with Crippen molar-refractivity contribution in [1.82, 2.24) is 20.2 Å². The summed E-state index contributed by atoms with van der Waals surface area (Å²) in [6.07, 6.45) is 1.54. The molecule has 0 spiro atoms. The molecule has 31 heavy (non-hydrogen) atoms. The predicted octanol–water partition coefficient (Wildman–Crippen LogP) is 3.88. The number of thioether (sulfide) groups is 1. The van der Waals surface area contributed by atoms with Crippen LogP contribution in [0.5, 0.6) is 11.5 Å². The molecule has 0 bridgehead atoms. The molecule has 0 aliphatic heterocycles. The number of methoxy groups -OCH3 is 2. The number of hydrazone groups is 1. The van der Waals surface area contributed by atoms with Gasteiger partial charge in [-0.2, -0.15) is 5.10 Å². The molecule has 2 aromatic carbocycles. The number of aromatic nitrogens is 3. The van der Waals surface area contributed by atoms with Crippen molar-refractivity contribution in [3.05, 3.63) is 53.1 Å². The van der Waals surface area contributed by atoms with Crippen LogP contribution in [0.2, 0.25) is 5.02 Å². The Balaban J connectivity index is 1.58. The van der Waals surface area contributed by atoms with Crippen LogP contribution in [0.1, 0.15) is 12.5 Å². The van der Waals surface area contributed by atoms with Crippen molar-refractivity contribution in [3.8, 4) is 22.9 Å². The average Bonchev–Trinajstić information content (AvgIpc) is 3.21. The fraction of sp³-hybridized carbons (Fsp3) is 0.238. The zero-order chi connectivity index (χ0) is 22.2. The van der Waals surface area contributed by atoms with E-state index in [1.165, 1.54) is 18.0 Å². The van der Waals surface area contributed by atoms with Crippen molar-refractivity contribution in [1.29, 1.82) is 0 Å². The van der Waals surface area contributed by atoms with Gasteiger partial charge in [0.2, 0.25) is 0 Å². The Morgan fingerprint density at radius 2 is 1.90 bits per heavy atom. The summed E-state index contributed by atoms with van der Waals surface area (Å²) >= 11 is 7.25. The van der Waals surface area contributed by atoms with Gasteiger partial charge in [0.15, 0.2) is 22.5 Å². The highest BCUT2D eigenvalue weighted by molar-refractivity contribution is 7.99. The van der Waals surface area contributed by atoms with Gasteiger partial charge in [0.1, 0.15) is 0 Å². The maximum atomic E-state index is 12.2. The predicted molar refractivity (Wildman–Crippen MR) is 122 cm³/mol. The van der Waals surface area contributed by atoms with Crippen LogP contribution in [0.25, 0.3) is 11.4 Å².